The molecule has 2 heterocycles. The first-order chi connectivity index (χ1) is 8.98. The van der Waals surface area contributed by atoms with E-state index in [9.17, 15) is 5.11 Å². The summed E-state index contributed by atoms with van der Waals surface area (Å²) in [4.78, 5) is 6.33. The Morgan fingerprint density at radius 1 is 1.42 bits per heavy atom. The Labute approximate surface area is 112 Å². The first-order valence-corrected chi connectivity index (χ1v) is 6.29. The van der Waals surface area contributed by atoms with E-state index >= 15 is 0 Å². The monoisotopic (exact) mass is 265 g/mol. The molecular formula is C13H19N3O3. The van der Waals surface area contributed by atoms with Crippen molar-refractivity contribution in [2.45, 2.75) is 32.9 Å². The Morgan fingerprint density at radius 3 is 2.79 bits per heavy atom. The van der Waals surface area contributed by atoms with Gasteiger partial charge >= 0.3 is 0 Å². The number of rotatable bonds is 6. The topological polar surface area (TPSA) is 75.5 Å². The van der Waals surface area contributed by atoms with Crippen LogP contribution >= 0.6 is 0 Å². The maximum atomic E-state index is 9.83. The lowest BCUT2D eigenvalue weighted by Gasteiger charge is -2.26. The molecule has 104 valence electrons. The minimum atomic E-state index is -0.746. The van der Waals surface area contributed by atoms with E-state index in [-0.39, 0.29) is 0 Å². The van der Waals surface area contributed by atoms with Crippen molar-refractivity contribution in [1.82, 2.24) is 15.0 Å². The van der Waals surface area contributed by atoms with Gasteiger partial charge in [-0.25, -0.2) is 0 Å². The van der Waals surface area contributed by atoms with E-state index < -0.39 is 5.60 Å². The number of likely N-dealkylation sites (N-methyl/N-ethyl adjacent to an activating group) is 1. The van der Waals surface area contributed by atoms with Gasteiger partial charge in [0.15, 0.2) is 11.6 Å². The molecule has 19 heavy (non-hydrogen) atoms. The van der Waals surface area contributed by atoms with Crippen LogP contribution in [0.2, 0.25) is 0 Å². The number of nitrogens with zero attached hydrogens (tertiary/aromatic N) is 3. The molecule has 0 bridgehead atoms. The fourth-order valence-electron chi connectivity index (χ4n) is 1.85. The average Bonchev–Trinajstić information content (AvgIpc) is 2.95. The van der Waals surface area contributed by atoms with E-state index in [1.165, 1.54) is 0 Å². The minimum absolute atomic E-state index is 0.374. The van der Waals surface area contributed by atoms with Crippen molar-refractivity contribution in [2.75, 3.05) is 13.1 Å². The quantitative estimate of drug-likeness (QED) is 0.860. The van der Waals surface area contributed by atoms with Crippen LogP contribution in [0.4, 0.5) is 0 Å². The lowest BCUT2D eigenvalue weighted by molar-refractivity contribution is 0.0343. The largest absolute Gasteiger partial charge is 0.459 e. The van der Waals surface area contributed by atoms with Crippen molar-refractivity contribution in [3.63, 3.8) is 0 Å². The highest BCUT2D eigenvalue weighted by molar-refractivity contribution is 5.42. The average molecular weight is 265 g/mol. The van der Waals surface area contributed by atoms with Crippen molar-refractivity contribution >= 4 is 0 Å². The van der Waals surface area contributed by atoms with E-state index in [4.69, 9.17) is 8.94 Å². The van der Waals surface area contributed by atoms with Crippen LogP contribution in [0.3, 0.4) is 0 Å². The third-order valence-corrected chi connectivity index (χ3v) is 2.62. The second kappa shape index (κ2) is 5.54. The molecule has 0 amide bonds. The summed E-state index contributed by atoms with van der Waals surface area (Å²) in [6.07, 6.45) is 1.56. The SMILES string of the molecule is CCN(Cc1noc(-c2ccco2)n1)CC(C)(C)O. The van der Waals surface area contributed by atoms with Gasteiger partial charge in [-0.3, -0.25) is 4.90 Å². The van der Waals surface area contributed by atoms with Crippen LogP contribution in [0.1, 0.15) is 26.6 Å². The maximum Gasteiger partial charge on any atom is 0.293 e. The molecule has 0 fully saturated rings. The van der Waals surface area contributed by atoms with Crippen molar-refractivity contribution in [3.05, 3.63) is 24.2 Å². The molecule has 1 N–H and O–H groups in total. The summed E-state index contributed by atoms with van der Waals surface area (Å²) in [5.41, 5.74) is -0.746. The predicted molar refractivity (Wildman–Crippen MR) is 69.2 cm³/mol. The fraction of sp³-hybridized carbons (Fsp3) is 0.538. The number of aliphatic hydroxyl groups is 1. The Bertz CT molecular complexity index is 499. The van der Waals surface area contributed by atoms with E-state index in [2.05, 4.69) is 15.0 Å². The minimum Gasteiger partial charge on any atom is -0.459 e. The van der Waals surface area contributed by atoms with E-state index in [1.54, 1.807) is 32.2 Å². The highest BCUT2D eigenvalue weighted by atomic mass is 16.5. The Balaban J connectivity index is 2.03. The molecule has 2 rings (SSSR count). The molecule has 2 aromatic rings. The van der Waals surface area contributed by atoms with Crippen LogP contribution in [-0.2, 0) is 6.54 Å². The third kappa shape index (κ3) is 3.90. The Morgan fingerprint density at radius 2 is 2.21 bits per heavy atom. The molecule has 0 saturated heterocycles. The summed E-state index contributed by atoms with van der Waals surface area (Å²) in [5.74, 6) is 1.51. The van der Waals surface area contributed by atoms with Crippen LogP contribution < -0.4 is 0 Å². The molecule has 0 aliphatic heterocycles. The molecule has 0 saturated carbocycles. The number of aromatic nitrogens is 2. The van der Waals surface area contributed by atoms with Gasteiger partial charge in [-0.2, -0.15) is 4.98 Å². The summed E-state index contributed by atoms with van der Waals surface area (Å²) < 4.78 is 10.3. The third-order valence-electron chi connectivity index (χ3n) is 2.62. The smallest absolute Gasteiger partial charge is 0.293 e. The zero-order valence-electron chi connectivity index (χ0n) is 11.5. The first kappa shape index (κ1) is 13.8. The van der Waals surface area contributed by atoms with Crippen LogP contribution in [0.25, 0.3) is 11.7 Å². The van der Waals surface area contributed by atoms with Gasteiger partial charge in [0, 0.05) is 6.54 Å². The number of hydrogen-bond acceptors (Lipinski definition) is 6. The van der Waals surface area contributed by atoms with Crippen molar-refractivity contribution in [2.24, 2.45) is 0 Å². The Hall–Kier alpha value is -1.66. The van der Waals surface area contributed by atoms with Crippen molar-refractivity contribution in [3.8, 4) is 11.7 Å². The molecule has 6 heteroatoms. The van der Waals surface area contributed by atoms with Gasteiger partial charge in [-0.15, -0.1) is 0 Å². The van der Waals surface area contributed by atoms with Gasteiger partial charge in [0.05, 0.1) is 18.4 Å². The fourth-order valence-corrected chi connectivity index (χ4v) is 1.85. The number of furan rings is 1. The summed E-state index contributed by atoms with van der Waals surface area (Å²) in [6.45, 7) is 7.47. The van der Waals surface area contributed by atoms with Crippen molar-refractivity contribution < 1.29 is 14.0 Å². The van der Waals surface area contributed by atoms with Gasteiger partial charge in [0.1, 0.15) is 0 Å². The second-order valence-corrected chi connectivity index (χ2v) is 5.11. The lowest BCUT2D eigenvalue weighted by atomic mass is 10.1. The highest BCUT2D eigenvalue weighted by Gasteiger charge is 2.19. The van der Waals surface area contributed by atoms with E-state index in [0.29, 0.717) is 30.6 Å². The van der Waals surface area contributed by atoms with Crippen LogP contribution in [0.15, 0.2) is 27.3 Å². The molecule has 0 aliphatic carbocycles. The Kier molecular flexibility index (Phi) is 4.01. The molecule has 0 spiro atoms. The summed E-state index contributed by atoms with van der Waals surface area (Å²) in [6, 6.07) is 3.54. The zero-order chi connectivity index (χ0) is 13.9. The molecule has 2 aromatic heterocycles. The predicted octanol–water partition coefficient (Wildman–Crippen LogP) is 1.92. The van der Waals surface area contributed by atoms with Crippen LogP contribution in [0.5, 0.6) is 0 Å². The molecule has 0 atom stereocenters. The molecule has 0 unspecified atom stereocenters. The second-order valence-electron chi connectivity index (χ2n) is 5.11. The lowest BCUT2D eigenvalue weighted by Crippen LogP contribution is -2.38. The molecule has 0 aromatic carbocycles. The molecule has 0 radical (unpaired) electrons. The standard InChI is InChI=1S/C13H19N3O3/c1-4-16(9-13(2,3)17)8-11-14-12(19-15-11)10-6-5-7-18-10/h5-7,17H,4,8-9H2,1-3H3. The highest BCUT2D eigenvalue weighted by Crippen LogP contribution is 2.17. The zero-order valence-corrected chi connectivity index (χ0v) is 11.5. The van der Waals surface area contributed by atoms with Gasteiger partial charge in [-0.1, -0.05) is 12.1 Å². The van der Waals surface area contributed by atoms with Gasteiger partial charge in [0.25, 0.3) is 5.89 Å². The van der Waals surface area contributed by atoms with Gasteiger partial charge in [-0.05, 0) is 32.5 Å². The molecule has 0 aliphatic rings. The van der Waals surface area contributed by atoms with E-state index in [0.717, 1.165) is 6.54 Å². The van der Waals surface area contributed by atoms with Gasteiger partial charge in [0.2, 0.25) is 0 Å². The first-order valence-electron chi connectivity index (χ1n) is 6.29. The van der Waals surface area contributed by atoms with E-state index in [1.807, 2.05) is 6.92 Å². The number of hydrogen-bond donors (Lipinski definition) is 1. The van der Waals surface area contributed by atoms with Gasteiger partial charge < -0.3 is 14.0 Å². The molecule has 6 nitrogen and oxygen atoms in total. The summed E-state index contributed by atoms with van der Waals surface area (Å²) >= 11 is 0. The van der Waals surface area contributed by atoms with Crippen LogP contribution in [0, 0.1) is 0 Å². The maximum absolute atomic E-state index is 9.83. The van der Waals surface area contributed by atoms with Crippen LogP contribution in [-0.4, -0.2) is 38.8 Å². The summed E-state index contributed by atoms with van der Waals surface area (Å²) in [7, 11) is 0. The summed E-state index contributed by atoms with van der Waals surface area (Å²) in [5, 5.41) is 13.8. The normalized spacial score (nSPS) is 12.3. The molecular weight excluding hydrogens is 246 g/mol. The van der Waals surface area contributed by atoms with Crippen molar-refractivity contribution in [1.29, 1.82) is 0 Å².